The molecule has 0 spiro atoms. The highest BCUT2D eigenvalue weighted by molar-refractivity contribution is 5.97. The quantitative estimate of drug-likeness (QED) is 0.558. The van der Waals surface area contributed by atoms with E-state index in [-0.39, 0.29) is 5.91 Å². The van der Waals surface area contributed by atoms with Crippen molar-refractivity contribution >= 4 is 34.1 Å². The molecule has 6 heteroatoms. The Hall–Kier alpha value is -3.41. The summed E-state index contributed by atoms with van der Waals surface area (Å²) in [6.45, 7) is 2.28. The Morgan fingerprint density at radius 2 is 2.12 bits per heavy atom. The van der Waals surface area contributed by atoms with Crippen molar-refractivity contribution < 1.29 is 4.79 Å². The lowest BCUT2D eigenvalue weighted by atomic mass is 10.1. The second-order valence-corrected chi connectivity index (χ2v) is 6.31. The summed E-state index contributed by atoms with van der Waals surface area (Å²) >= 11 is 0. The van der Waals surface area contributed by atoms with Gasteiger partial charge in [0, 0.05) is 30.0 Å². The summed E-state index contributed by atoms with van der Waals surface area (Å²) in [5, 5.41) is 4.16. The fourth-order valence-electron chi connectivity index (χ4n) is 3.07. The molecule has 1 amide bonds. The van der Waals surface area contributed by atoms with Crippen molar-refractivity contribution in [2.24, 2.45) is 7.05 Å². The number of fused-ring (bicyclic) bond motifs is 2. The van der Waals surface area contributed by atoms with E-state index in [1.165, 1.54) is 5.39 Å². The second-order valence-electron chi connectivity index (χ2n) is 6.31. The largest absolute Gasteiger partial charge is 0.347 e. The highest BCUT2D eigenvalue weighted by atomic mass is 16.1. The van der Waals surface area contributed by atoms with Crippen LogP contribution in [-0.4, -0.2) is 25.4 Å². The van der Waals surface area contributed by atoms with Gasteiger partial charge in [0.25, 0.3) is 0 Å². The van der Waals surface area contributed by atoms with Crippen molar-refractivity contribution in [3.05, 3.63) is 65.8 Å². The SMILES string of the molecule is C/C(=C\c1cnc2nc[nH]c2c1)C(=O)NCc1cc2ccccc2n1C. The molecule has 0 saturated heterocycles. The van der Waals surface area contributed by atoms with Crippen molar-refractivity contribution in [1.29, 1.82) is 0 Å². The fraction of sp³-hybridized carbons (Fsp3) is 0.150. The van der Waals surface area contributed by atoms with Gasteiger partial charge in [0.2, 0.25) is 5.91 Å². The number of benzene rings is 1. The molecule has 6 nitrogen and oxygen atoms in total. The molecule has 3 heterocycles. The topological polar surface area (TPSA) is 75.6 Å². The smallest absolute Gasteiger partial charge is 0.247 e. The number of aromatic amines is 1. The van der Waals surface area contributed by atoms with Crippen molar-refractivity contribution in [3.8, 4) is 0 Å². The van der Waals surface area contributed by atoms with Gasteiger partial charge < -0.3 is 14.9 Å². The van der Waals surface area contributed by atoms with Gasteiger partial charge in [0.1, 0.15) is 0 Å². The van der Waals surface area contributed by atoms with Crippen LogP contribution in [-0.2, 0) is 18.4 Å². The number of carbonyl (C=O) groups is 1. The minimum atomic E-state index is -0.0973. The Bertz CT molecular complexity index is 1140. The molecule has 0 aliphatic rings. The van der Waals surface area contributed by atoms with Crippen LogP contribution in [0.2, 0.25) is 0 Å². The molecule has 2 N–H and O–H groups in total. The van der Waals surface area contributed by atoms with Crippen molar-refractivity contribution in [2.45, 2.75) is 13.5 Å². The van der Waals surface area contributed by atoms with Gasteiger partial charge in [0.05, 0.1) is 18.4 Å². The van der Waals surface area contributed by atoms with Gasteiger partial charge in [-0.05, 0) is 42.1 Å². The van der Waals surface area contributed by atoms with Crippen LogP contribution in [0.3, 0.4) is 0 Å². The van der Waals surface area contributed by atoms with Gasteiger partial charge in [0.15, 0.2) is 5.65 Å². The Labute approximate surface area is 150 Å². The maximum atomic E-state index is 12.4. The number of nitrogens with one attached hydrogen (secondary N) is 2. The van der Waals surface area contributed by atoms with E-state index in [4.69, 9.17) is 0 Å². The van der Waals surface area contributed by atoms with E-state index in [2.05, 4.69) is 43.0 Å². The summed E-state index contributed by atoms with van der Waals surface area (Å²) in [6, 6.07) is 12.2. The molecular formula is C20H19N5O. The first-order valence-electron chi connectivity index (χ1n) is 8.41. The van der Waals surface area contributed by atoms with Crippen LogP contribution >= 0.6 is 0 Å². The molecule has 0 bridgehead atoms. The molecule has 26 heavy (non-hydrogen) atoms. The van der Waals surface area contributed by atoms with Crippen LogP contribution in [0.1, 0.15) is 18.2 Å². The zero-order valence-corrected chi connectivity index (χ0v) is 14.7. The van der Waals surface area contributed by atoms with Crippen LogP contribution in [0, 0.1) is 0 Å². The highest BCUT2D eigenvalue weighted by Crippen LogP contribution is 2.18. The minimum absolute atomic E-state index is 0.0973. The molecule has 0 fully saturated rings. The highest BCUT2D eigenvalue weighted by Gasteiger charge is 2.09. The Morgan fingerprint density at radius 3 is 2.96 bits per heavy atom. The molecule has 4 rings (SSSR count). The number of aromatic nitrogens is 4. The number of nitrogens with zero attached hydrogens (tertiary/aromatic N) is 3. The monoisotopic (exact) mass is 345 g/mol. The number of pyridine rings is 1. The summed E-state index contributed by atoms with van der Waals surface area (Å²) in [5.74, 6) is -0.0973. The number of para-hydroxylation sites is 1. The average Bonchev–Trinajstić information content (AvgIpc) is 3.24. The molecule has 130 valence electrons. The lowest BCUT2D eigenvalue weighted by Crippen LogP contribution is -2.24. The molecule has 3 aromatic heterocycles. The predicted molar refractivity (Wildman–Crippen MR) is 102 cm³/mol. The molecule has 1 aromatic carbocycles. The normalized spacial score (nSPS) is 12.0. The third kappa shape index (κ3) is 2.97. The van der Waals surface area contributed by atoms with E-state index in [0.717, 1.165) is 22.3 Å². The van der Waals surface area contributed by atoms with E-state index < -0.39 is 0 Å². The Balaban J connectivity index is 1.48. The molecule has 0 aliphatic heterocycles. The van der Waals surface area contributed by atoms with Gasteiger partial charge in [-0.1, -0.05) is 18.2 Å². The number of hydrogen-bond acceptors (Lipinski definition) is 3. The Morgan fingerprint density at radius 1 is 1.27 bits per heavy atom. The lowest BCUT2D eigenvalue weighted by molar-refractivity contribution is -0.117. The molecule has 0 aliphatic carbocycles. The summed E-state index contributed by atoms with van der Waals surface area (Å²) < 4.78 is 2.10. The second kappa shape index (κ2) is 6.48. The van der Waals surface area contributed by atoms with Crippen LogP contribution in [0.5, 0.6) is 0 Å². The maximum absolute atomic E-state index is 12.4. The van der Waals surface area contributed by atoms with Crippen molar-refractivity contribution in [3.63, 3.8) is 0 Å². The molecule has 0 saturated carbocycles. The van der Waals surface area contributed by atoms with E-state index in [0.29, 0.717) is 17.8 Å². The van der Waals surface area contributed by atoms with Gasteiger partial charge in [-0.25, -0.2) is 9.97 Å². The van der Waals surface area contributed by atoms with Gasteiger partial charge in [-0.2, -0.15) is 0 Å². The number of amides is 1. The third-order valence-corrected chi connectivity index (χ3v) is 4.52. The predicted octanol–water partition coefficient (Wildman–Crippen LogP) is 3.17. The zero-order valence-electron chi connectivity index (χ0n) is 14.7. The van der Waals surface area contributed by atoms with Crippen LogP contribution < -0.4 is 5.32 Å². The molecule has 0 atom stereocenters. The van der Waals surface area contributed by atoms with Crippen LogP contribution in [0.15, 0.2) is 54.5 Å². The standard InChI is InChI=1S/C20H19N5O/c1-13(7-14-8-17-19(21-10-14)24-12-23-17)20(26)22-11-16-9-15-5-3-4-6-18(15)25(16)2/h3-10,12H,11H2,1-2H3,(H,22,26)(H,21,23,24)/b13-7+. The number of H-pyrrole nitrogens is 1. The Kier molecular flexibility index (Phi) is 4.01. The van der Waals surface area contributed by atoms with Crippen molar-refractivity contribution in [1.82, 2.24) is 24.8 Å². The fourth-order valence-corrected chi connectivity index (χ4v) is 3.07. The lowest BCUT2D eigenvalue weighted by Gasteiger charge is -2.07. The van der Waals surface area contributed by atoms with E-state index in [1.807, 2.05) is 31.3 Å². The first kappa shape index (κ1) is 16.1. The first-order valence-corrected chi connectivity index (χ1v) is 8.41. The summed E-state index contributed by atoms with van der Waals surface area (Å²) in [7, 11) is 2.01. The van der Waals surface area contributed by atoms with Gasteiger partial charge in [-0.15, -0.1) is 0 Å². The van der Waals surface area contributed by atoms with E-state index in [9.17, 15) is 4.79 Å². The number of aryl methyl sites for hydroxylation is 1. The molecule has 0 unspecified atom stereocenters. The first-order chi connectivity index (χ1) is 12.6. The molecule has 4 aromatic rings. The number of imidazole rings is 1. The maximum Gasteiger partial charge on any atom is 0.247 e. The number of rotatable bonds is 4. The van der Waals surface area contributed by atoms with Gasteiger partial charge >= 0.3 is 0 Å². The van der Waals surface area contributed by atoms with Crippen LogP contribution in [0.25, 0.3) is 28.1 Å². The van der Waals surface area contributed by atoms with E-state index >= 15 is 0 Å². The van der Waals surface area contributed by atoms with E-state index in [1.54, 1.807) is 19.4 Å². The minimum Gasteiger partial charge on any atom is -0.347 e. The molecular weight excluding hydrogens is 326 g/mol. The van der Waals surface area contributed by atoms with Gasteiger partial charge in [-0.3, -0.25) is 4.79 Å². The number of carbonyl (C=O) groups excluding carboxylic acids is 1. The zero-order chi connectivity index (χ0) is 18.1. The van der Waals surface area contributed by atoms with Crippen molar-refractivity contribution in [2.75, 3.05) is 0 Å². The average molecular weight is 345 g/mol. The molecule has 0 radical (unpaired) electrons. The summed E-state index contributed by atoms with van der Waals surface area (Å²) in [5.41, 5.74) is 5.22. The summed E-state index contributed by atoms with van der Waals surface area (Å²) in [6.07, 6.45) is 5.14. The number of hydrogen-bond donors (Lipinski definition) is 2. The van der Waals surface area contributed by atoms with Crippen LogP contribution in [0.4, 0.5) is 0 Å². The third-order valence-electron chi connectivity index (χ3n) is 4.52. The summed E-state index contributed by atoms with van der Waals surface area (Å²) in [4.78, 5) is 23.8.